The van der Waals surface area contributed by atoms with Crippen LogP contribution in [-0.2, 0) is 5.41 Å². The minimum atomic E-state index is -0.274. The topological polar surface area (TPSA) is 17.1 Å². The second-order valence-electron chi connectivity index (χ2n) is 11.6. The van der Waals surface area contributed by atoms with Crippen molar-refractivity contribution in [3.05, 3.63) is 34.0 Å². The highest BCUT2D eigenvalue weighted by Crippen LogP contribution is 2.52. The van der Waals surface area contributed by atoms with Crippen LogP contribution in [0.25, 0.3) is 9.75 Å². The van der Waals surface area contributed by atoms with Crippen LogP contribution in [0.4, 0.5) is 0 Å². The normalized spacial score (nSPS) is 14.2. The van der Waals surface area contributed by atoms with Crippen LogP contribution >= 0.6 is 22.7 Å². The molecule has 1 aliphatic rings. The fourth-order valence-electron chi connectivity index (χ4n) is 6.36. The number of rotatable bonds is 22. The number of thiophene rings is 2. The second kappa shape index (κ2) is 17.6. The summed E-state index contributed by atoms with van der Waals surface area (Å²) in [5.41, 5.74) is 2.10. The molecule has 37 heavy (non-hydrogen) atoms. The lowest BCUT2D eigenvalue weighted by Gasteiger charge is -2.36. The number of hydrogen-bond donors (Lipinski definition) is 0. The van der Waals surface area contributed by atoms with Crippen LogP contribution in [0.15, 0.2) is 22.9 Å². The summed E-state index contributed by atoms with van der Waals surface area (Å²) in [6.07, 6.45) is 29.1. The van der Waals surface area contributed by atoms with Crippen LogP contribution < -0.4 is 0 Å². The summed E-state index contributed by atoms with van der Waals surface area (Å²) in [7, 11) is 0. The van der Waals surface area contributed by atoms with Crippen molar-refractivity contribution in [1.82, 2.24) is 0 Å². The van der Waals surface area contributed by atoms with Gasteiger partial charge in [-0.2, -0.15) is 0 Å². The van der Waals surface area contributed by atoms with Gasteiger partial charge in [-0.05, 0) is 41.3 Å². The summed E-state index contributed by atoms with van der Waals surface area (Å²) >= 11 is 3.61. The highest BCUT2D eigenvalue weighted by molar-refractivity contribution is 7.21. The summed E-state index contributed by atoms with van der Waals surface area (Å²) < 4.78 is 0. The third-order valence-electron chi connectivity index (χ3n) is 8.65. The van der Waals surface area contributed by atoms with Crippen molar-refractivity contribution in [2.24, 2.45) is 0 Å². The molecule has 1 nitrogen and oxygen atoms in total. The molecule has 3 rings (SSSR count). The number of carbonyl (C=O) groups is 1. The van der Waals surface area contributed by atoms with E-state index in [2.05, 4.69) is 36.7 Å². The van der Waals surface area contributed by atoms with Crippen LogP contribution in [0.1, 0.15) is 171 Å². The Bertz CT molecular complexity index is 852. The fourth-order valence-corrected chi connectivity index (χ4v) is 8.44. The first kappa shape index (κ1) is 30.6. The predicted octanol–water partition coefficient (Wildman–Crippen LogP) is 12.5. The Kier molecular flexibility index (Phi) is 14.6. The molecule has 0 radical (unpaired) electrons. The smallest absolute Gasteiger partial charge is 0.174 e. The summed E-state index contributed by atoms with van der Waals surface area (Å²) in [4.78, 5) is 16.7. The number of fused-ring (bicyclic) bond motifs is 3. The van der Waals surface area contributed by atoms with E-state index in [1.54, 1.807) is 11.3 Å². The molecular formula is C34H54OS2. The molecule has 2 heterocycles. The van der Waals surface area contributed by atoms with Gasteiger partial charge in [-0.3, -0.25) is 4.79 Å². The molecule has 0 bridgehead atoms. The maximum Gasteiger partial charge on any atom is 0.174 e. The predicted molar refractivity (Wildman–Crippen MR) is 167 cm³/mol. The third kappa shape index (κ3) is 9.06. The monoisotopic (exact) mass is 542 g/mol. The summed E-state index contributed by atoms with van der Waals surface area (Å²) in [6.45, 7) is 4.58. The lowest BCUT2D eigenvalue weighted by molar-refractivity contribution is 0.0855. The molecule has 0 atom stereocenters. The number of unbranched alkanes of at least 4 members (excludes halogenated alkanes) is 18. The van der Waals surface area contributed by atoms with Gasteiger partial charge in [0.25, 0.3) is 0 Å². The molecule has 0 saturated heterocycles. The van der Waals surface area contributed by atoms with Crippen molar-refractivity contribution in [2.45, 2.75) is 161 Å². The summed E-state index contributed by atoms with van der Waals surface area (Å²) in [5.74, 6) is 0.432. The van der Waals surface area contributed by atoms with Gasteiger partial charge in [0.2, 0.25) is 0 Å². The van der Waals surface area contributed by atoms with E-state index in [9.17, 15) is 4.79 Å². The molecule has 0 amide bonds. The van der Waals surface area contributed by atoms with Crippen molar-refractivity contribution in [1.29, 1.82) is 0 Å². The van der Waals surface area contributed by atoms with Crippen molar-refractivity contribution in [3.8, 4) is 9.75 Å². The fraction of sp³-hybridized carbons (Fsp3) is 0.735. The Morgan fingerprint density at radius 2 is 0.946 bits per heavy atom. The highest BCUT2D eigenvalue weighted by atomic mass is 32.1. The molecule has 208 valence electrons. The largest absolute Gasteiger partial charge is 0.293 e. The van der Waals surface area contributed by atoms with Gasteiger partial charge in [0.15, 0.2) is 5.78 Å². The summed E-state index contributed by atoms with van der Waals surface area (Å²) in [6, 6.07) is 4.41. The first-order chi connectivity index (χ1) is 18.2. The number of ketones is 1. The second-order valence-corrected chi connectivity index (χ2v) is 13.4. The van der Waals surface area contributed by atoms with E-state index < -0.39 is 0 Å². The number of Topliss-reactive ketones (excluding diaryl/α,β-unsaturated/α-hetero) is 1. The molecule has 0 N–H and O–H groups in total. The molecule has 0 aromatic carbocycles. The van der Waals surface area contributed by atoms with E-state index >= 15 is 0 Å². The van der Waals surface area contributed by atoms with Gasteiger partial charge in [0, 0.05) is 10.4 Å². The van der Waals surface area contributed by atoms with E-state index in [-0.39, 0.29) is 5.41 Å². The van der Waals surface area contributed by atoms with Gasteiger partial charge in [-0.15, -0.1) is 22.7 Å². The maximum absolute atomic E-state index is 14.1. The van der Waals surface area contributed by atoms with Gasteiger partial charge in [-0.25, -0.2) is 0 Å². The van der Waals surface area contributed by atoms with Crippen LogP contribution in [0, 0.1) is 0 Å². The summed E-state index contributed by atoms with van der Waals surface area (Å²) in [5, 5.41) is 4.36. The molecular weight excluding hydrogens is 489 g/mol. The average molecular weight is 543 g/mol. The van der Waals surface area contributed by atoms with Crippen molar-refractivity contribution in [2.75, 3.05) is 0 Å². The molecule has 0 aliphatic heterocycles. The molecule has 0 unspecified atom stereocenters. The van der Waals surface area contributed by atoms with Gasteiger partial charge < -0.3 is 0 Å². The van der Waals surface area contributed by atoms with E-state index in [1.165, 1.54) is 144 Å². The minimum absolute atomic E-state index is 0.274. The zero-order valence-electron chi connectivity index (χ0n) is 24.1. The molecule has 3 heteroatoms. The van der Waals surface area contributed by atoms with Gasteiger partial charge >= 0.3 is 0 Å². The zero-order chi connectivity index (χ0) is 26.2. The van der Waals surface area contributed by atoms with Gasteiger partial charge in [0.1, 0.15) is 0 Å². The first-order valence-corrected chi connectivity index (χ1v) is 17.7. The Morgan fingerprint density at radius 1 is 0.541 bits per heavy atom. The van der Waals surface area contributed by atoms with Gasteiger partial charge in [0.05, 0.1) is 10.3 Å². The van der Waals surface area contributed by atoms with Crippen LogP contribution in [0.5, 0.6) is 0 Å². The average Bonchev–Trinajstić information content (AvgIpc) is 3.59. The zero-order valence-corrected chi connectivity index (χ0v) is 25.7. The van der Waals surface area contributed by atoms with E-state index in [4.69, 9.17) is 0 Å². The molecule has 0 saturated carbocycles. The lowest BCUT2D eigenvalue weighted by Crippen LogP contribution is -2.38. The van der Waals surface area contributed by atoms with Crippen LogP contribution in [0.2, 0.25) is 0 Å². The first-order valence-electron chi connectivity index (χ1n) is 15.9. The van der Waals surface area contributed by atoms with Crippen LogP contribution in [-0.4, -0.2) is 5.78 Å². The Morgan fingerprint density at radius 3 is 1.43 bits per heavy atom. The van der Waals surface area contributed by atoms with E-state index in [0.29, 0.717) is 5.78 Å². The van der Waals surface area contributed by atoms with E-state index in [1.807, 2.05) is 11.3 Å². The highest BCUT2D eigenvalue weighted by Gasteiger charge is 2.46. The lowest BCUT2D eigenvalue weighted by atomic mass is 9.65. The molecule has 0 spiro atoms. The quantitative estimate of drug-likeness (QED) is 0.135. The Balaban J connectivity index is 1.49. The van der Waals surface area contributed by atoms with Crippen LogP contribution in [0.3, 0.4) is 0 Å². The number of carbonyl (C=O) groups excluding carboxylic acids is 1. The number of hydrogen-bond acceptors (Lipinski definition) is 3. The molecule has 2 aromatic heterocycles. The SMILES string of the molecule is CCCCCCCCCCCCC1(CCCCCCCCCCCC)C(=O)c2ccsc2-c2sccc21. The molecule has 1 aliphatic carbocycles. The molecule has 0 fully saturated rings. The van der Waals surface area contributed by atoms with Crippen molar-refractivity contribution >= 4 is 28.5 Å². The third-order valence-corrected chi connectivity index (χ3v) is 10.6. The standard InChI is InChI=1S/C34H54OS2/c1-3-5-7-9-11-13-15-17-19-21-25-34(26-22-20-18-16-14-12-10-8-6-4-2)30-24-28-37-32(30)31-29(33(34)35)23-27-36-31/h23-24,27-28H,3-22,25-26H2,1-2H3. The van der Waals surface area contributed by atoms with Crippen molar-refractivity contribution in [3.63, 3.8) is 0 Å². The van der Waals surface area contributed by atoms with Crippen molar-refractivity contribution < 1.29 is 4.79 Å². The minimum Gasteiger partial charge on any atom is -0.293 e. The van der Waals surface area contributed by atoms with Gasteiger partial charge in [-0.1, -0.05) is 142 Å². The van der Waals surface area contributed by atoms with E-state index in [0.717, 1.165) is 18.4 Å². The molecule has 2 aromatic rings. The Labute approximate surface area is 236 Å². The maximum atomic E-state index is 14.1. The Hall–Kier alpha value is -0.930.